The van der Waals surface area contributed by atoms with Crippen LogP contribution < -0.4 is 10.0 Å². The number of ether oxygens (including phenoxy) is 1. The molecule has 0 spiro atoms. The van der Waals surface area contributed by atoms with Crippen molar-refractivity contribution in [1.29, 1.82) is 0 Å². The lowest BCUT2D eigenvalue weighted by Gasteiger charge is -2.47. The van der Waals surface area contributed by atoms with Crippen LogP contribution in [0.1, 0.15) is 30.9 Å². The van der Waals surface area contributed by atoms with E-state index in [1.165, 1.54) is 6.07 Å². The Hall–Kier alpha value is -1.45. The van der Waals surface area contributed by atoms with Crippen LogP contribution in [0.3, 0.4) is 0 Å². The first kappa shape index (κ1) is 23.7. The second kappa shape index (κ2) is 9.81. The Kier molecular flexibility index (Phi) is 7.27. The van der Waals surface area contributed by atoms with E-state index < -0.39 is 10.0 Å². The lowest BCUT2D eigenvalue weighted by Crippen LogP contribution is -2.49. The van der Waals surface area contributed by atoms with E-state index in [-0.39, 0.29) is 48.2 Å². The normalized spacial score (nSPS) is 29.5. The van der Waals surface area contributed by atoms with E-state index in [0.29, 0.717) is 22.8 Å². The van der Waals surface area contributed by atoms with Crippen molar-refractivity contribution in [2.75, 3.05) is 38.3 Å². The Labute approximate surface area is 194 Å². The van der Waals surface area contributed by atoms with Gasteiger partial charge in [0.15, 0.2) is 0 Å². The van der Waals surface area contributed by atoms with E-state index in [2.05, 4.69) is 22.2 Å². The number of nitrogens with zero attached hydrogens (tertiary/aromatic N) is 1. The smallest absolute Gasteiger partial charge is 0.212 e. The summed E-state index contributed by atoms with van der Waals surface area (Å²) in [7, 11) is 0.290. The second-order valence-corrected chi connectivity index (χ2v) is 11.5. The summed E-state index contributed by atoms with van der Waals surface area (Å²) >= 11 is 6.18. The number of fused-ring (bicyclic) bond motifs is 3. The van der Waals surface area contributed by atoms with Gasteiger partial charge in [0.05, 0.1) is 23.6 Å². The fourth-order valence-corrected chi connectivity index (χ4v) is 6.26. The molecule has 0 aromatic heterocycles. The van der Waals surface area contributed by atoms with Crippen LogP contribution in [0.25, 0.3) is 0 Å². The second-order valence-electron chi connectivity index (χ2n) is 9.13. The molecule has 9 heteroatoms. The summed E-state index contributed by atoms with van der Waals surface area (Å²) < 4.78 is 48.6. The minimum atomic E-state index is -3.39. The highest BCUT2D eigenvalue weighted by molar-refractivity contribution is 7.89. The van der Waals surface area contributed by atoms with Gasteiger partial charge >= 0.3 is 0 Å². The molecule has 1 aromatic carbocycles. The molecule has 32 heavy (non-hydrogen) atoms. The molecular weight excluding hydrogens is 453 g/mol. The number of sulfonamides is 1. The molecule has 176 valence electrons. The molecule has 0 amide bonds. The van der Waals surface area contributed by atoms with Crippen molar-refractivity contribution in [1.82, 2.24) is 9.62 Å². The third-order valence-corrected chi connectivity index (χ3v) is 8.07. The number of rotatable bonds is 7. The molecule has 2 heterocycles. The zero-order valence-electron chi connectivity index (χ0n) is 18.4. The molecule has 2 N–H and O–H groups in total. The van der Waals surface area contributed by atoms with Gasteiger partial charge in [-0.1, -0.05) is 35.9 Å². The lowest BCUT2D eigenvalue weighted by molar-refractivity contribution is -0.0925. The Morgan fingerprint density at radius 2 is 2.09 bits per heavy atom. The summed E-state index contributed by atoms with van der Waals surface area (Å²) in [5.74, 6) is 0.0283. The van der Waals surface area contributed by atoms with Gasteiger partial charge in [-0.25, -0.2) is 17.5 Å². The fraction of sp³-hybridized carbons (Fsp3) is 0.565. The summed E-state index contributed by atoms with van der Waals surface area (Å²) in [6.07, 6.45) is 10.2. The van der Waals surface area contributed by atoms with Gasteiger partial charge in [-0.3, -0.25) is 0 Å². The quantitative estimate of drug-likeness (QED) is 0.618. The lowest BCUT2D eigenvalue weighted by atomic mass is 9.73. The van der Waals surface area contributed by atoms with Crippen molar-refractivity contribution in [2.45, 2.75) is 37.5 Å². The molecule has 6 nitrogen and oxygen atoms in total. The van der Waals surface area contributed by atoms with Gasteiger partial charge in [-0.15, -0.1) is 0 Å². The fourth-order valence-electron chi connectivity index (χ4n) is 4.86. The predicted molar refractivity (Wildman–Crippen MR) is 126 cm³/mol. The third-order valence-electron chi connectivity index (χ3n) is 6.53. The van der Waals surface area contributed by atoms with Gasteiger partial charge < -0.3 is 15.0 Å². The van der Waals surface area contributed by atoms with E-state index >= 15 is 0 Å². The van der Waals surface area contributed by atoms with Gasteiger partial charge in [-0.05, 0) is 45.5 Å². The molecule has 0 bridgehead atoms. The zero-order chi connectivity index (χ0) is 22.9. The molecular formula is C23H31ClFN3O3S. The maximum absolute atomic E-state index is 14.9. The molecule has 0 radical (unpaired) electrons. The first-order valence-corrected chi connectivity index (χ1v) is 13.1. The maximum atomic E-state index is 14.9. The van der Waals surface area contributed by atoms with E-state index in [1.54, 1.807) is 6.07 Å². The summed E-state index contributed by atoms with van der Waals surface area (Å²) in [5, 5.41) is 3.77. The first-order chi connectivity index (χ1) is 15.2. The zero-order valence-corrected chi connectivity index (χ0v) is 20.0. The van der Waals surface area contributed by atoms with Crippen LogP contribution in [0.15, 0.2) is 36.4 Å². The number of benzene rings is 1. The molecule has 1 aliphatic carbocycles. The van der Waals surface area contributed by atoms with Gasteiger partial charge in [0.25, 0.3) is 0 Å². The number of allylic oxidation sites excluding steroid dienone is 3. The molecule has 1 aromatic rings. The molecule has 1 unspecified atom stereocenters. The standard InChI is InChI=1S/C23H31ClFN3O3S/c1-28(2)10-11-32(29,30)26-14-17-8-9-18-21(15-6-4-3-5-7-15)27-22-19(23(18)31-17)12-16(24)13-20(22)25/h3-6,12-13,15,17-18,21,23,26-27H,7-11,14H2,1-2H3/t15?,17-,18+,21+,23+/m1/s1. The number of halogens is 2. The van der Waals surface area contributed by atoms with E-state index in [0.717, 1.165) is 19.3 Å². The van der Waals surface area contributed by atoms with Gasteiger partial charge in [0, 0.05) is 41.6 Å². The Bertz CT molecular complexity index is 998. The van der Waals surface area contributed by atoms with Gasteiger partial charge in [0.1, 0.15) is 5.82 Å². The molecule has 1 fully saturated rings. The van der Waals surface area contributed by atoms with Crippen molar-refractivity contribution in [3.05, 3.63) is 52.8 Å². The molecule has 1 saturated heterocycles. The van der Waals surface area contributed by atoms with Crippen molar-refractivity contribution < 1.29 is 17.5 Å². The molecule has 2 aliphatic heterocycles. The average Bonchev–Trinajstić information content (AvgIpc) is 2.76. The summed E-state index contributed by atoms with van der Waals surface area (Å²) in [6.45, 7) is 0.662. The highest BCUT2D eigenvalue weighted by Crippen LogP contribution is 2.49. The monoisotopic (exact) mass is 483 g/mol. The average molecular weight is 484 g/mol. The van der Waals surface area contributed by atoms with Crippen molar-refractivity contribution in [2.24, 2.45) is 11.8 Å². The van der Waals surface area contributed by atoms with Crippen molar-refractivity contribution in [3.8, 4) is 0 Å². The van der Waals surface area contributed by atoms with Crippen LogP contribution in [0.2, 0.25) is 5.02 Å². The van der Waals surface area contributed by atoms with Crippen molar-refractivity contribution >= 4 is 27.3 Å². The minimum absolute atomic E-state index is 0.0297. The van der Waals surface area contributed by atoms with E-state index in [1.807, 2.05) is 31.1 Å². The first-order valence-electron chi connectivity index (χ1n) is 11.1. The summed E-state index contributed by atoms with van der Waals surface area (Å²) in [5.41, 5.74) is 1.16. The minimum Gasteiger partial charge on any atom is -0.379 e. The number of anilines is 1. The highest BCUT2D eigenvalue weighted by Gasteiger charge is 2.44. The van der Waals surface area contributed by atoms with Crippen molar-refractivity contribution in [3.63, 3.8) is 0 Å². The number of nitrogens with one attached hydrogen (secondary N) is 2. The topological polar surface area (TPSA) is 70.7 Å². The Morgan fingerprint density at radius 3 is 2.81 bits per heavy atom. The van der Waals surface area contributed by atoms with Crippen LogP contribution in [-0.4, -0.2) is 58.4 Å². The third kappa shape index (κ3) is 5.37. The molecule has 5 atom stereocenters. The van der Waals surface area contributed by atoms with E-state index in [4.69, 9.17) is 16.3 Å². The van der Waals surface area contributed by atoms with Crippen LogP contribution >= 0.6 is 11.6 Å². The molecule has 0 saturated carbocycles. The Balaban J connectivity index is 1.53. The van der Waals surface area contributed by atoms with Crippen LogP contribution in [-0.2, 0) is 14.8 Å². The largest absolute Gasteiger partial charge is 0.379 e. The predicted octanol–water partition coefficient (Wildman–Crippen LogP) is 3.72. The Morgan fingerprint density at radius 1 is 1.28 bits per heavy atom. The van der Waals surface area contributed by atoms with Crippen LogP contribution in [0.4, 0.5) is 10.1 Å². The number of hydrogen-bond donors (Lipinski definition) is 2. The van der Waals surface area contributed by atoms with E-state index in [9.17, 15) is 12.8 Å². The van der Waals surface area contributed by atoms with Gasteiger partial charge in [-0.2, -0.15) is 0 Å². The summed E-state index contributed by atoms with van der Waals surface area (Å²) in [6, 6.07) is 3.11. The van der Waals surface area contributed by atoms with Crippen LogP contribution in [0.5, 0.6) is 0 Å². The number of hydrogen-bond acceptors (Lipinski definition) is 5. The maximum Gasteiger partial charge on any atom is 0.212 e. The van der Waals surface area contributed by atoms with Crippen LogP contribution in [0, 0.1) is 17.7 Å². The van der Waals surface area contributed by atoms with Gasteiger partial charge in [0.2, 0.25) is 10.0 Å². The molecule has 4 rings (SSSR count). The highest BCUT2D eigenvalue weighted by atomic mass is 35.5. The SMILES string of the molecule is CN(C)CCS(=O)(=O)NC[C@H]1CC[C@@H]2[C@H](O1)c1cc(Cl)cc(F)c1N[C@H]2C1C=CC=CC1. The summed E-state index contributed by atoms with van der Waals surface area (Å²) in [4.78, 5) is 1.83. The molecule has 3 aliphatic rings.